The maximum atomic E-state index is 12.4. The molecule has 1 N–H and O–H groups in total. The number of fused-ring (bicyclic) bond motifs is 1. The van der Waals surface area contributed by atoms with Gasteiger partial charge in [0.2, 0.25) is 6.41 Å². The van der Waals surface area contributed by atoms with Crippen LogP contribution < -0.4 is 10.2 Å². The number of urea groups is 2. The molecular weight excluding hydrogens is 334 g/mol. The Kier molecular flexibility index (Phi) is 4.66. The first-order valence-corrected chi connectivity index (χ1v) is 7.81. The zero-order valence-corrected chi connectivity index (χ0v) is 14.3. The van der Waals surface area contributed by atoms with E-state index < -0.39 is 12.1 Å². The molecule has 0 bridgehead atoms. The van der Waals surface area contributed by atoms with Gasteiger partial charge in [-0.15, -0.1) is 0 Å². The zero-order valence-electron chi connectivity index (χ0n) is 14.3. The van der Waals surface area contributed by atoms with E-state index in [1.165, 1.54) is 11.9 Å². The van der Waals surface area contributed by atoms with Gasteiger partial charge in [0.15, 0.2) is 0 Å². The molecule has 0 radical (unpaired) electrons. The third-order valence-corrected chi connectivity index (χ3v) is 4.00. The fourth-order valence-corrected chi connectivity index (χ4v) is 2.57. The molecule has 1 heterocycles. The maximum Gasteiger partial charge on any atom is 0.332 e. The Morgan fingerprint density at radius 1 is 1.12 bits per heavy atom. The molecule has 3 rings (SSSR count). The van der Waals surface area contributed by atoms with Gasteiger partial charge in [0.05, 0.1) is 17.4 Å². The number of nitrogens with one attached hydrogen (secondary N) is 1. The van der Waals surface area contributed by atoms with Crippen LogP contribution in [-0.4, -0.2) is 47.2 Å². The molecule has 3 aromatic rings. The average molecular weight is 351 g/mol. The van der Waals surface area contributed by atoms with Crippen molar-refractivity contribution in [3.63, 3.8) is 0 Å². The van der Waals surface area contributed by atoms with Gasteiger partial charge in [0.25, 0.3) is 0 Å². The summed E-state index contributed by atoms with van der Waals surface area (Å²) >= 11 is 0. The minimum absolute atomic E-state index is 0.232. The highest BCUT2D eigenvalue weighted by molar-refractivity contribution is 6.04. The van der Waals surface area contributed by atoms with E-state index in [1.807, 2.05) is 52.5 Å². The van der Waals surface area contributed by atoms with Crippen molar-refractivity contribution in [1.82, 2.24) is 20.0 Å². The number of para-hydroxylation sites is 1. The van der Waals surface area contributed by atoms with Crippen LogP contribution in [-0.2, 0) is 4.79 Å². The number of rotatable bonds is 3. The van der Waals surface area contributed by atoms with Gasteiger partial charge in [0.1, 0.15) is 0 Å². The van der Waals surface area contributed by atoms with Crippen LogP contribution in [0.5, 0.6) is 0 Å². The number of anilines is 1. The summed E-state index contributed by atoms with van der Waals surface area (Å²) in [6.07, 6.45) is 1.95. The van der Waals surface area contributed by atoms with E-state index >= 15 is 0 Å². The smallest absolute Gasteiger partial charge is 0.297 e. The molecule has 0 saturated carbocycles. The lowest BCUT2D eigenvalue weighted by molar-refractivity contribution is -0.108. The predicted molar refractivity (Wildman–Crippen MR) is 97.2 cm³/mol. The molecule has 0 aliphatic carbocycles. The monoisotopic (exact) mass is 351 g/mol. The minimum Gasteiger partial charge on any atom is -0.297 e. The predicted octanol–water partition coefficient (Wildman–Crippen LogP) is 2.38. The van der Waals surface area contributed by atoms with Gasteiger partial charge in [-0.05, 0) is 30.3 Å². The minimum atomic E-state index is -0.796. The summed E-state index contributed by atoms with van der Waals surface area (Å²) in [5, 5.41) is 7.18. The highest BCUT2D eigenvalue weighted by atomic mass is 16.2. The van der Waals surface area contributed by atoms with Crippen molar-refractivity contribution in [2.45, 2.75) is 0 Å². The van der Waals surface area contributed by atoms with Crippen LogP contribution in [0.25, 0.3) is 16.6 Å². The molecule has 132 valence electrons. The van der Waals surface area contributed by atoms with Crippen molar-refractivity contribution in [1.29, 1.82) is 0 Å². The summed E-state index contributed by atoms with van der Waals surface area (Å²) in [6, 6.07) is 13.8. The molecule has 0 saturated heterocycles. The lowest BCUT2D eigenvalue weighted by Gasteiger charge is -2.23. The molecule has 5 amide bonds. The highest BCUT2D eigenvalue weighted by Crippen LogP contribution is 2.24. The Bertz CT molecular complexity index is 967. The Morgan fingerprint density at radius 2 is 1.85 bits per heavy atom. The molecule has 26 heavy (non-hydrogen) atoms. The van der Waals surface area contributed by atoms with Crippen molar-refractivity contribution >= 4 is 35.1 Å². The number of carbonyl (C=O) groups excluding carboxylic acids is 3. The normalized spacial score (nSPS) is 10.4. The number of nitrogens with zero attached hydrogens (tertiary/aromatic N) is 4. The summed E-state index contributed by atoms with van der Waals surface area (Å²) in [4.78, 5) is 36.5. The zero-order chi connectivity index (χ0) is 18.7. The Labute approximate surface area is 149 Å². The topological polar surface area (TPSA) is 87.5 Å². The molecule has 0 atom stereocenters. The Hall–Kier alpha value is -3.68. The number of benzene rings is 2. The fraction of sp³-hybridized carbons (Fsp3) is 0.111. The molecule has 2 aromatic carbocycles. The van der Waals surface area contributed by atoms with Crippen molar-refractivity contribution in [3.05, 3.63) is 54.7 Å². The van der Waals surface area contributed by atoms with Crippen LogP contribution >= 0.6 is 0 Å². The van der Waals surface area contributed by atoms with Crippen molar-refractivity contribution in [3.8, 4) is 5.69 Å². The first-order chi connectivity index (χ1) is 12.5. The van der Waals surface area contributed by atoms with E-state index in [4.69, 9.17) is 0 Å². The highest BCUT2D eigenvalue weighted by Gasteiger charge is 2.21. The van der Waals surface area contributed by atoms with Gasteiger partial charge in [-0.1, -0.05) is 18.2 Å². The van der Waals surface area contributed by atoms with E-state index in [2.05, 4.69) is 5.10 Å². The third kappa shape index (κ3) is 3.12. The first kappa shape index (κ1) is 17.2. The second-order valence-electron chi connectivity index (χ2n) is 5.60. The van der Waals surface area contributed by atoms with E-state index in [-0.39, 0.29) is 6.41 Å². The van der Waals surface area contributed by atoms with Gasteiger partial charge < -0.3 is 0 Å². The molecule has 0 spiro atoms. The Morgan fingerprint density at radius 3 is 2.54 bits per heavy atom. The van der Waals surface area contributed by atoms with Crippen molar-refractivity contribution in [2.75, 3.05) is 19.0 Å². The molecule has 0 unspecified atom stereocenters. The standard InChI is InChI=1S/C18H17N5O3/c1-21(18(26)22(2)17(25)19-12-24)15-8-9-16-13(10-15)11-20-23(16)14-6-4-3-5-7-14/h3-12H,1-2H3,(H,19,24,25). The number of hydrogen-bond acceptors (Lipinski definition) is 4. The van der Waals surface area contributed by atoms with Gasteiger partial charge in [-0.2, -0.15) is 5.10 Å². The summed E-state index contributed by atoms with van der Waals surface area (Å²) in [6.45, 7) is 0. The second-order valence-corrected chi connectivity index (χ2v) is 5.60. The SMILES string of the molecule is CN(C(=O)NC=O)C(=O)N(C)c1ccc2c(cnn2-c2ccccc2)c1. The summed E-state index contributed by atoms with van der Waals surface area (Å²) in [7, 11) is 2.85. The molecule has 0 aliphatic rings. The Balaban J connectivity index is 1.89. The largest absolute Gasteiger partial charge is 0.332 e. The van der Waals surface area contributed by atoms with Crippen molar-refractivity contribution in [2.24, 2.45) is 0 Å². The lowest BCUT2D eigenvalue weighted by atomic mass is 10.2. The summed E-state index contributed by atoms with van der Waals surface area (Å²) in [5.41, 5.74) is 2.43. The average Bonchev–Trinajstić information content (AvgIpc) is 3.10. The maximum absolute atomic E-state index is 12.4. The number of hydrogen-bond donors (Lipinski definition) is 1. The van der Waals surface area contributed by atoms with Gasteiger partial charge in [-0.3, -0.25) is 15.0 Å². The van der Waals surface area contributed by atoms with Crippen LogP contribution in [0.2, 0.25) is 0 Å². The number of carbonyl (C=O) groups is 3. The van der Waals surface area contributed by atoms with Crippen LogP contribution in [0, 0.1) is 0 Å². The molecule has 8 nitrogen and oxygen atoms in total. The summed E-state index contributed by atoms with van der Waals surface area (Å²) < 4.78 is 1.81. The van der Waals surface area contributed by atoms with E-state index in [0.29, 0.717) is 5.69 Å². The molecule has 1 aromatic heterocycles. The molecule has 8 heteroatoms. The molecule has 0 fully saturated rings. The second kappa shape index (κ2) is 7.06. The third-order valence-electron chi connectivity index (χ3n) is 4.00. The molecular formula is C18H17N5O3. The summed E-state index contributed by atoms with van der Waals surface area (Å²) in [5.74, 6) is 0. The van der Waals surface area contributed by atoms with Crippen LogP contribution in [0.3, 0.4) is 0 Å². The molecule has 0 aliphatic heterocycles. The first-order valence-electron chi connectivity index (χ1n) is 7.81. The van der Waals surface area contributed by atoms with Crippen LogP contribution in [0.1, 0.15) is 0 Å². The van der Waals surface area contributed by atoms with E-state index in [9.17, 15) is 14.4 Å². The quantitative estimate of drug-likeness (QED) is 0.734. The van der Waals surface area contributed by atoms with Gasteiger partial charge in [-0.25, -0.2) is 19.2 Å². The van der Waals surface area contributed by atoms with Gasteiger partial charge >= 0.3 is 12.1 Å². The van der Waals surface area contributed by atoms with E-state index in [0.717, 1.165) is 21.5 Å². The van der Waals surface area contributed by atoms with Gasteiger partial charge in [0, 0.05) is 25.2 Å². The van der Waals surface area contributed by atoms with Crippen LogP contribution in [0.15, 0.2) is 54.7 Å². The number of imide groups is 2. The van der Waals surface area contributed by atoms with Crippen LogP contribution in [0.4, 0.5) is 15.3 Å². The van der Waals surface area contributed by atoms with Crippen molar-refractivity contribution < 1.29 is 14.4 Å². The fourth-order valence-electron chi connectivity index (χ4n) is 2.57. The number of aromatic nitrogens is 2. The lowest BCUT2D eigenvalue weighted by Crippen LogP contribution is -2.46. The number of amides is 5. The van der Waals surface area contributed by atoms with E-state index in [1.54, 1.807) is 19.3 Å².